The predicted octanol–water partition coefficient (Wildman–Crippen LogP) is 12.5. The van der Waals surface area contributed by atoms with Crippen LogP contribution in [0.15, 0.2) is 109 Å². The van der Waals surface area contributed by atoms with Crippen LogP contribution in [0.1, 0.15) is 142 Å². The van der Waals surface area contributed by atoms with Crippen molar-refractivity contribution in [3.05, 3.63) is 109 Å². The molecule has 0 heterocycles. The van der Waals surface area contributed by atoms with Crippen molar-refractivity contribution in [1.82, 2.24) is 5.32 Å². The highest BCUT2D eigenvalue weighted by atomic mass is 31.2. The van der Waals surface area contributed by atoms with Crippen LogP contribution in [0.4, 0.5) is 0 Å². The molecule has 0 aromatic rings. The van der Waals surface area contributed by atoms with Crippen molar-refractivity contribution in [1.29, 1.82) is 0 Å². The highest BCUT2D eigenvalue weighted by Crippen LogP contribution is 2.43. The van der Waals surface area contributed by atoms with Crippen molar-refractivity contribution in [3.8, 4) is 0 Å². The van der Waals surface area contributed by atoms with Crippen LogP contribution in [0.3, 0.4) is 0 Å². The zero-order valence-corrected chi connectivity index (χ0v) is 38.1. The molecule has 8 nitrogen and oxygen atoms in total. The molecule has 3 N–H and O–H groups in total. The van der Waals surface area contributed by atoms with Crippen molar-refractivity contribution in [2.24, 2.45) is 0 Å². The Labute approximate surface area is 355 Å². The first kappa shape index (κ1) is 55.2. The molecule has 0 spiro atoms. The molecule has 0 aliphatic rings. The monoisotopic (exact) mass is 828 g/mol. The largest absolute Gasteiger partial charge is 0.472 e. The number of aliphatic hydroxyl groups excluding tert-OH is 1. The molecule has 0 bridgehead atoms. The highest BCUT2D eigenvalue weighted by molar-refractivity contribution is 7.47. The lowest BCUT2D eigenvalue weighted by molar-refractivity contribution is -0.870. The zero-order chi connectivity index (χ0) is 42.8. The Balaban J connectivity index is 4.52. The molecular weight excluding hydrogens is 744 g/mol. The third-order valence-corrected chi connectivity index (χ3v) is 9.94. The third kappa shape index (κ3) is 41.3. The Hall–Kier alpha value is -2.84. The molecule has 0 aliphatic heterocycles. The van der Waals surface area contributed by atoms with E-state index in [4.69, 9.17) is 9.05 Å². The smallest absolute Gasteiger partial charge is 0.387 e. The van der Waals surface area contributed by atoms with E-state index in [1.807, 2.05) is 27.2 Å². The normalized spacial score (nSPS) is 15.4. The molecule has 0 aromatic carbocycles. The Morgan fingerprint density at radius 2 is 1.05 bits per heavy atom. The molecule has 9 heteroatoms. The van der Waals surface area contributed by atoms with E-state index in [0.717, 1.165) is 103 Å². The van der Waals surface area contributed by atoms with Gasteiger partial charge in [0.15, 0.2) is 0 Å². The van der Waals surface area contributed by atoms with E-state index >= 15 is 0 Å². The maximum atomic E-state index is 12.9. The number of carbonyl (C=O) groups excluding carboxylic acids is 1. The van der Waals surface area contributed by atoms with E-state index in [2.05, 4.69) is 116 Å². The minimum atomic E-state index is -4.36. The summed E-state index contributed by atoms with van der Waals surface area (Å²) < 4.78 is 23.5. The lowest BCUT2D eigenvalue weighted by atomic mass is 10.1. The number of likely N-dealkylation sites (N-methyl/N-ethyl adjacent to an activating group) is 1. The predicted molar refractivity (Wildman–Crippen MR) is 249 cm³/mol. The van der Waals surface area contributed by atoms with E-state index < -0.39 is 20.0 Å². The van der Waals surface area contributed by atoms with Gasteiger partial charge in [-0.2, -0.15) is 0 Å². The summed E-state index contributed by atoms with van der Waals surface area (Å²) in [5.41, 5.74) is 0. The van der Waals surface area contributed by atoms with Gasteiger partial charge in [0.25, 0.3) is 0 Å². The summed E-state index contributed by atoms with van der Waals surface area (Å²) in [6, 6.07) is -0.890. The van der Waals surface area contributed by atoms with E-state index in [0.29, 0.717) is 17.4 Å². The SMILES string of the molecule is CC/C=C\C/C=C\C/C=C\C/C=C\C/C=C\C/C=C\CCCCCCC(=O)NC(COP(=O)(O)OCC[N+](C)(C)C)C(O)/C=C/CC/C=C/CC/C=C/CCCCC. The minimum absolute atomic E-state index is 0.0413. The Morgan fingerprint density at radius 1 is 0.603 bits per heavy atom. The number of phosphoric acid groups is 1. The van der Waals surface area contributed by atoms with Crippen molar-refractivity contribution in [2.45, 2.75) is 154 Å². The van der Waals surface area contributed by atoms with Gasteiger partial charge in [-0.1, -0.05) is 149 Å². The van der Waals surface area contributed by atoms with Crippen LogP contribution in [0.5, 0.6) is 0 Å². The lowest BCUT2D eigenvalue weighted by Gasteiger charge is -2.25. The number of nitrogens with zero attached hydrogens (tertiary/aromatic N) is 1. The second kappa shape index (κ2) is 39.6. The number of quaternary nitrogens is 1. The minimum Gasteiger partial charge on any atom is -0.387 e. The molecule has 1 amide bonds. The third-order valence-electron chi connectivity index (χ3n) is 8.95. The summed E-state index contributed by atoms with van der Waals surface area (Å²) in [6.07, 6.45) is 57.3. The average molecular weight is 828 g/mol. The second-order valence-electron chi connectivity index (χ2n) is 15.7. The maximum Gasteiger partial charge on any atom is 0.472 e. The molecule has 0 saturated carbocycles. The van der Waals surface area contributed by atoms with Gasteiger partial charge >= 0.3 is 7.82 Å². The van der Waals surface area contributed by atoms with Crippen LogP contribution < -0.4 is 5.32 Å². The Bertz CT molecular complexity index is 1300. The Morgan fingerprint density at radius 3 is 1.57 bits per heavy atom. The van der Waals surface area contributed by atoms with Crippen LogP contribution in [0, 0.1) is 0 Å². The number of hydrogen-bond acceptors (Lipinski definition) is 5. The van der Waals surface area contributed by atoms with Crippen molar-refractivity contribution < 1.29 is 32.9 Å². The summed E-state index contributed by atoms with van der Waals surface area (Å²) in [7, 11) is 1.50. The number of aliphatic hydroxyl groups is 1. The van der Waals surface area contributed by atoms with Crippen molar-refractivity contribution >= 4 is 13.7 Å². The second-order valence-corrected chi connectivity index (χ2v) is 17.1. The molecule has 0 rings (SSSR count). The van der Waals surface area contributed by atoms with Gasteiger partial charge in [0, 0.05) is 6.42 Å². The van der Waals surface area contributed by atoms with Crippen LogP contribution >= 0.6 is 7.82 Å². The number of unbranched alkanes of at least 4 members (excludes halogenated alkanes) is 9. The lowest BCUT2D eigenvalue weighted by Crippen LogP contribution is -2.45. The summed E-state index contributed by atoms with van der Waals surface area (Å²) in [5.74, 6) is -0.223. The summed E-state index contributed by atoms with van der Waals surface area (Å²) >= 11 is 0. The van der Waals surface area contributed by atoms with Crippen molar-refractivity contribution in [2.75, 3.05) is 40.9 Å². The molecule has 3 atom stereocenters. The Kier molecular flexibility index (Phi) is 37.7. The molecule has 0 fully saturated rings. The van der Waals surface area contributed by atoms with Gasteiger partial charge < -0.3 is 19.8 Å². The van der Waals surface area contributed by atoms with Gasteiger partial charge in [-0.05, 0) is 96.3 Å². The molecule has 0 saturated heterocycles. The van der Waals surface area contributed by atoms with Gasteiger partial charge in [-0.25, -0.2) is 4.57 Å². The first-order valence-electron chi connectivity index (χ1n) is 22.3. The first-order valence-corrected chi connectivity index (χ1v) is 23.8. The van der Waals surface area contributed by atoms with Crippen molar-refractivity contribution in [3.63, 3.8) is 0 Å². The zero-order valence-electron chi connectivity index (χ0n) is 37.2. The number of nitrogens with one attached hydrogen (secondary N) is 1. The van der Waals surface area contributed by atoms with Crippen LogP contribution in [-0.4, -0.2) is 73.4 Å². The van der Waals surface area contributed by atoms with E-state index in [9.17, 15) is 19.4 Å². The summed E-state index contributed by atoms with van der Waals surface area (Å²) in [6.45, 7) is 4.58. The van der Waals surface area contributed by atoms with E-state index in [1.54, 1.807) is 6.08 Å². The summed E-state index contributed by atoms with van der Waals surface area (Å²) in [5, 5.41) is 13.8. The molecular formula is C49H84N2O6P+. The van der Waals surface area contributed by atoms with Crippen LogP contribution in [0.2, 0.25) is 0 Å². The quantitative estimate of drug-likeness (QED) is 0.0248. The van der Waals surface area contributed by atoms with Gasteiger partial charge in [0.2, 0.25) is 5.91 Å². The number of phosphoric ester groups is 1. The fourth-order valence-electron chi connectivity index (χ4n) is 5.43. The maximum absolute atomic E-state index is 12.9. The number of hydrogen-bond donors (Lipinski definition) is 3. The van der Waals surface area contributed by atoms with E-state index in [1.165, 1.54) is 19.3 Å². The van der Waals surface area contributed by atoms with Gasteiger partial charge in [-0.3, -0.25) is 13.8 Å². The molecule has 0 aromatic heterocycles. The standard InChI is InChI=1S/C49H83N2O6P/c1-6-8-10-12-14-16-18-20-21-22-23-24-25-26-27-28-29-31-33-35-37-39-41-43-49(53)50-47(46-57-58(54,55)56-45-44-51(3,4)5)48(52)42-40-38-36-34-32-30-19-17-15-13-11-9-7-2/h8,10,14-17,20-21,23-24,26-27,29,31-32,34,40,42,47-48,52H,6-7,9,11-13,18-19,22,25,28,30,33,35-39,41,43-46H2,1-5H3,(H-,50,53,54,55)/p+1/b10-8-,16-14-,17-15+,21-20-,24-23-,27-26-,31-29-,34-32+,42-40+. The molecule has 330 valence electrons. The number of amides is 1. The average Bonchev–Trinajstić information content (AvgIpc) is 3.17. The fourth-order valence-corrected chi connectivity index (χ4v) is 6.16. The van der Waals surface area contributed by atoms with Crippen LogP contribution in [-0.2, 0) is 18.4 Å². The van der Waals surface area contributed by atoms with Gasteiger partial charge in [-0.15, -0.1) is 0 Å². The molecule has 0 radical (unpaired) electrons. The first-order chi connectivity index (χ1) is 28.0. The topological polar surface area (TPSA) is 105 Å². The van der Waals surface area contributed by atoms with Gasteiger partial charge in [0.1, 0.15) is 13.2 Å². The molecule has 0 aliphatic carbocycles. The number of rotatable bonds is 38. The fraction of sp³-hybridized carbons (Fsp3) is 0.612. The molecule has 3 unspecified atom stereocenters. The van der Waals surface area contributed by atoms with Crippen LogP contribution in [0.25, 0.3) is 0 Å². The summed E-state index contributed by atoms with van der Waals surface area (Å²) in [4.78, 5) is 23.1. The number of carbonyl (C=O) groups is 1. The highest BCUT2D eigenvalue weighted by Gasteiger charge is 2.27. The van der Waals surface area contributed by atoms with Gasteiger partial charge in [0.05, 0.1) is 39.9 Å². The number of allylic oxidation sites excluding steroid dienone is 17. The van der Waals surface area contributed by atoms with E-state index in [-0.39, 0.29) is 19.1 Å². The molecule has 58 heavy (non-hydrogen) atoms.